The maximum Gasteiger partial charge on any atom is 0.274 e. The Hall–Kier alpha value is -0.220. The van der Waals surface area contributed by atoms with Gasteiger partial charge in [-0.15, -0.1) is 0 Å². The normalized spacial score (nSPS) is 35.0. The van der Waals surface area contributed by atoms with Crippen molar-refractivity contribution in [3.8, 4) is 0 Å². The number of likely N-dealkylation sites (N-methyl/N-ethyl adjacent to an activating group) is 1. The molecule has 12 heavy (non-hydrogen) atoms. The summed E-state index contributed by atoms with van der Waals surface area (Å²) in [6.07, 6.45) is -0.561. The van der Waals surface area contributed by atoms with Crippen molar-refractivity contribution in [2.75, 3.05) is 6.54 Å². The van der Waals surface area contributed by atoms with Crippen molar-refractivity contribution >= 4 is 0 Å². The number of nitrogens with one attached hydrogen (secondary N) is 1. The summed E-state index contributed by atoms with van der Waals surface area (Å²) in [7, 11) is 0. The van der Waals surface area contributed by atoms with Crippen molar-refractivity contribution < 1.29 is 13.9 Å². The molecule has 0 spiro atoms. The minimum atomic E-state index is -2.90. The van der Waals surface area contributed by atoms with E-state index >= 15 is 0 Å². The van der Waals surface area contributed by atoms with Crippen LogP contribution in [0.2, 0.25) is 0 Å². The van der Waals surface area contributed by atoms with E-state index in [0.29, 0.717) is 19.4 Å². The number of hydrogen-bond acceptors (Lipinski definition) is 2. The third kappa shape index (κ3) is 1.93. The van der Waals surface area contributed by atoms with Gasteiger partial charge >= 0.3 is 0 Å². The van der Waals surface area contributed by atoms with Crippen LogP contribution in [0.5, 0.6) is 0 Å². The lowest BCUT2D eigenvalue weighted by Crippen LogP contribution is -2.52. The van der Waals surface area contributed by atoms with Crippen LogP contribution >= 0.6 is 0 Å². The van der Waals surface area contributed by atoms with Gasteiger partial charge in [0.2, 0.25) is 0 Å². The molecule has 0 amide bonds. The van der Waals surface area contributed by atoms with Crippen LogP contribution in [0.25, 0.3) is 0 Å². The van der Waals surface area contributed by atoms with E-state index in [9.17, 15) is 13.9 Å². The van der Waals surface area contributed by atoms with Gasteiger partial charge in [-0.1, -0.05) is 6.92 Å². The topological polar surface area (TPSA) is 32.3 Å². The molecule has 2 atom stereocenters. The van der Waals surface area contributed by atoms with E-state index in [1.54, 1.807) is 0 Å². The van der Waals surface area contributed by atoms with E-state index < -0.39 is 18.1 Å². The van der Waals surface area contributed by atoms with Crippen molar-refractivity contribution in [3.05, 3.63) is 0 Å². The lowest BCUT2D eigenvalue weighted by molar-refractivity contribution is -0.143. The maximum absolute atomic E-state index is 12.9. The maximum atomic E-state index is 12.9. The number of halogens is 2. The molecule has 1 aliphatic carbocycles. The molecule has 1 aliphatic rings. The van der Waals surface area contributed by atoms with Gasteiger partial charge in [0, 0.05) is 12.5 Å². The van der Waals surface area contributed by atoms with E-state index in [1.165, 1.54) is 0 Å². The number of aliphatic hydroxyl groups excluding tert-OH is 1. The Labute approximate surface area is 71.0 Å². The first-order chi connectivity index (χ1) is 5.58. The van der Waals surface area contributed by atoms with E-state index in [2.05, 4.69) is 5.32 Å². The molecule has 0 aromatic carbocycles. The van der Waals surface area contributed by atoms with E-state index in [4.69, 9.17) is 0 Å². The zero-order chi connectivity index (χ0) is 9.19. The van der Waals surface area contributed by atoms with E-state index in [0.717, 1.165) is 0 Å². The van der Waals surface area contributed by atoms with Gasteiger partial charge in [0.25, 0.3) is 5.92 Å². The second-order valence-corrected chi connectivity index (χ2v) is 3.26. The zero-order valence-electron chi connectivity index (χ0n) is 7.19. The van der Waals surface area contributed by atoms with E-state index in [-0.39, 0.29) is 6.42 Å². The Bertz CT molecular complexity index is 150. The summed E-state index contributed by atoms with van der Waals surface area (Å²) in [5.74, 6) is -2.90. The summed E-state index contributed by atoms with van der Waals surface area (Å²) in [6, 6.07) is -0.432. The summed E-state index contributed by atoms with van der Waals surface area (Å²) >= 11 is 0. The average molecular weight is 179 g/mol. The van der Waals surface area contributed by atoms with Crippen LogP contribution in [0.4, 0.5) is 8.78 Å². The predicted octanol–water partition coefficient (Wildman–Crippen LogP) is 1.14. The monoisotopic (exact) mass is 179 g/mol. The fourth-order valence-electron chi connectivity index (χ4n) is 1.63. The molecule has 1 fully saturated rings. The first kappa shape index (κ1) is 9.86. The smallest absolute Gasteiger partial charge is 0.274 e. The van der Waals surface area contributed by atoms with Gasteiger partial charge in [-0.05, 0) is 19.4 Å². The van der Waals surface area contributed by atoms with Crippen LogP contribution < -0.4 is 5.32 Å². The van der Waals surface area contributed by atoms with Gasteiger partial charge < -0.3 is 10.4 Å². The molecule has 0 aliphatic heterocycles. The third-order valence-corrected chi connectivity index (χ3v) is 2.31. The number of aliphatic hydroxyl groups is 1. The van der Waals surface area contributed by atoms with Gasteiger partial charge in [-0.3, -0.25) is 0 Å². The van der Waals surface area contributed by atoms with Gasteiger partial charge in [-0.25, -0.2) is 8.78 Å². The van der Waals surface area contributed by atoms with Gasteiger partial charge in [0.05, 0.1) is 0 Å². The average Bonchev–Trinajstić information content (AvgIpc) is 1.99. The number of alkyl halides is 2. The van der Waals surface area contributed by atoms with Gasteiger partial charge in [0.1, 0.15) is 6.10 Å². The summed E-state index contributed by atoms with van der Waals surface area (Å²) in [5, 5.41) is 12.1. The highest BCUT2D eigenvalue weighted by molar-refractivity contribution is 4.91. The number of hydrogen-bond donors (Lipinski definition) is 2. The Kier molecular flexibility index (Phi) is 3.01. The molecule has 72 valence electrons. The molecule has 2 nitrogen and oxygen atoms in total. The second-order valence-electron chi connectivity index (χ2n) is 3.26. The lowest BCUT2D eigenvalue weighted by atomic mass is 9.89. The molecular formula is C8H15F2NO. The molecule has 0 aromatic rings. The Balaban J connectivity index is 2.54. The van der Waals surface area contributed by atoms with Crippen LogP contribution in [0.1, 0.15) is 26.2 Å². The molecule has 0 aromatic heterocycles. The van der Waals surface area contributed by atoms with Crippen molar-refractivity contribution in [3.63, 3.8) is 0 Å². The molecular weight excluding hydrogens is 164 g/mol. The molecule has 0 radical (unpaired) electrons. The Morgan fingerprint density at radius 1 is 1.58 bits per heavy atom. The summed E-state index contributed by atoms with van der Waals surface area (Å²) in [5.41, 5.74) is 0. The predicted molar refractivity (Wildman–Crippen MR) is 42.3 cm³/mol. The van der Waals surface area contributed by atoms with Crippen LogP contribution in [0, 0.1) is 0 Å². The van der Waals surface area contributed by atoms with Crippen LogP contribution in [0.3, 0.4) is 0 Å². The number of rotatable bonds is 2. The van der Waals surface area contributed by atoms with Gasteiger partial charge in [0.15, 0.2) is 0 Å². The summed E-state index contributed by atoms with van der Waals surface area (Å²) in [4.78, 5) is 0. The second kappa shape index (κ2) is 3.66. The Morgan fingerprint density at radius 3 is 2.83 bits per heavy atom. The van der Waals surface area contributed by atoms with Crippen LogP contribution in [-0.2, 0) is 0 Å². The molecule has 0 saturated heterocycles. The Morgan fingerprint density at radius 2 is 2.25 bits per heavy atom. The highest BCUT2D eigenvalue weighted by Gasteiger charge is 2.45. The fourth-order valence-corrected chi connectivity index (χ4v) is 1.63. The molecule has 1 saturated carbocycles. The first-order valence-corrected chi connectivity index (χ1v) is 4.37. The molecule has 4 heteroatoms. The third-order valence-electron chi connectivity index (χ3n) is 2.31. The van der Waals surface area contributed by atoms with Gasteiger partial charge in [-0.2, -0.15) is 0 Å². The largest absolute Gasteiger partial charge is 0.385 e. The minimum absolute atomic E-state index is 0.184. The molecule has 0 bridgehead atoms. The quantitative estimate of drug-likeness (QED) is 0.666. The lowest BCUT2D eigenvalue weighted by Gasteiger charge is -2.34. The van der Waals surface area contributed by atoms with Crippen molar-refractivity contribution in [1.29, 1.82) is 0 Å². The highest BCUT2D eigenvalue weighted by Crippen LogP contribution is 2.33. The first-order valence-electron chi connectivity index (χ1n) is 4.37. The molecule has 0 heterocycles. The standard InChI is InChI=1S/C8H15F2NO/c1-2-11-6-4-3-5-8(9,10)7(6)12/h6-7,11-12H,2-5H2,1H3/t6-,7+/m1/s1. The summed E-state index contributed by atoms with van der Waals surface area (Å²) < 4.78 is 25.8. The fraction of sp³-hybridized carbons (Fsp3) is 1.00. The van der Waals surface area contributed by atoms with Crippen molar-refractivity contribution in [2.45, 2.75) is 44.3 Å². The highest BCUT2D eigenvalue weighted by atomic mass is 19.3. The molecule has 2 N–H and O–H groups in total. The van der Waals surface area contributed by atoms with Crippen molar-refractivity contribution in [1.82, 2.24) is 5.32 Å². The molecule has 0 unspecified atom stereocenters. The van der Waals surface area contributed by atoms with Crippen molar-refractivity contribution in [2.24, 2.45) is 0 Å². The van der Waals surface area contributed by atoms with Crippen LogP contribution in [-0.4, -0.2) is 29.7 Å². The van der Waals surface area contributed by atoms with E-state index in [1.807, 2.05) is 6.92 Å². The zero-order valence-corrected chi connectivity index (χ0v) is 7.19. The SMILES string of the molecule is CCN[C@@H]1CCCC(F)(F)[C@H]1O. The molecule has 1 rings (SSSR count). The van der Waals surface area contributed by atoms with Crippen LogP contribution in [0.15, 0.2) is 0 Å². The minimum Gasteiger partial charge on any atom is -0.385 e. The summed E-state index contributed by atoms with van der Waals surface area (Å²) in [6.45, 7) is 2.47.